The molecule has 0 saturated heterocycles. The third-order valence-electron chi connectivity index (χ3n) is 3.53. The van der Waals surface area contributed by atoms with Crippen LogP contribution in [0.5, 0.6) is 0 Å². The van der Waals surface area contributed by atoms with E-state index in [0.29, 0.717) is 6.04 Å². The Morgan fingerprint density at radius 2 is 1.89 bits per heavy atom. The van der Waals surface area contributed by atoms with E-state index in [2.05, 4.69) is 46.9 Å². The number of nitrogens with zero attached hydrogens (tertiary/aromatic N) is 1. The van der Waals surface area contributed by atoms with Crippen molar-refractivity contribution >= 4 is 16.5 Å². The molecule has 94 valence electrons. The van der Waals surface area contributed by atoms with E-state index < -0.39 is 0 Å². The van der Waals surface area contributed by atoms with Gasteiger partial charge < -0.3 is 5.32 Å². The first-order valence-corrected chi connectivity index (χ1v) is 7.48. The van der Waals surface area contributed by atoms with Crippen LogP contribution in [0.25, 0.3) is 11.3 Å². The largest absolute Gasteiger partial charge is 0.359 e. The van der Waals surface area contributed by atoms with Gasteiger partial charge in [0.1, 0.15) is 0 Å². The fourth-order valence-electron chi connectivity index (χ4n) is 2.44. The average molecular weight is 258 g/mol. The summed E-state index contributed by atoms with van der Waals surface area (Å²) >= 11 is 1.71. The topological polar surface area (TPSA) is 24.9 Å². The van der Waals surface area contributed by atoms with Gasteiger partial charge in [-0.3, -0.25) is 0 Å². The highest BCUT2D eigenvalue weighted by Gasteiger charge is 2.15. The van der Waals surface area contributed by atoms with Crippen molar-refractivity contribution < 1.29 is 0 Å². The maximum absolute atomic E-state index is 4.68. The molecule has 18 heavy (non-hydrogen) atoms. The van der Waals surface area contributed by atoms with Crippen LogP contribution >= 0.6 is 11.3 Å². The summed E-state index contributed by atoms with van der Waals surface area (Å²) in [6.45, 7) is 2.11. The Balaban J connectivity index is 1.74. The van der Waals surface area contributed by atoms with Crippen molar-refractivity contribution in [2.75, 3.05) is 5.32 Å². The Morgan fingerprint density at radius 3 is 2.61 bits per heavy atom. The summed E-state index contributed by atoms with van der Waals surface area (Å²) in [5.74, 6) is 0. The minimum absolute atomic E-state index is 0.641. The zero-order chi connectivity index (χ0) is 12.4. The molecule has 1 N–H and O–H groups in total. The van der Waals surface area contributed by atoms with Crippen LogP contribution < -0.4 is 5.32 Å². The zero-order valence-electron chi connectivity index (χ0n) is 10.6. The molecule has 0 bridgehead atoms. The van der Waals surface area contributed by atoms with E-state index in [9.17, 15) is 0 Å². The molecule has 0 spiro atoms. The van der Waals surface area contributed by atoms with Gasteiger partial charge in [0.2, 0.25) is 0 Å². The molecule has 3 heteroatoms. The molecule has 2 nitrogen and oxygen atoms in total. The number of hydrogen-bond acceptors (Lipinski definition) is 3. The normalized spacial score (nSPS) is 16.1. The van der Waals surface area contributed by atoms with Crippen LogP contribution in [0.1, 0.15) is 31.2 Å². The van der Waals surface area contributed by atoms with Crippen LogP contribution in [0.2, 0.25) is 0 Å². The number of thiazole rings is 1. The van der Waals surface area contributed by atoms with E-state index in [0.717, 1.165) is 10.8 Å². The fraction of sp³-hybridized carbons (Fsp3) is 0.400. The standard InChI is InChI=1S/C15H18N2S/c1-11-6-8-12(9-7-11)14-10-18-15(17-14)16-13-4-2-3-5-13/h6-10,13H,2-5H2,1H3,(H,16,17). The molecule has 1 saturated carbocycles. The van der Waals surface area contributed by atoms with Gasteiger partial charge >= 0.3 is 0 Å². The molecular formula is C15H18N2S. The molecule has 0 unspecified atom stereocenters. The molecule has 2 aromatic rings. The summed E-state index contributed by atoms with van der Waals surface area (Å²) in [5.41, 5.74) is 3.58. The summed E-state index contributed by atoms with van der Waals surface area (Å²) < 4.78 is 0. The minimum atomic E-state index is 0.641. The van der Waals surface area contributed by atoms with Crippen LogP contribution in [0.15, 0.2) is 29.6 Å². The smallest absolute Gasteiger partial charge is 0.183 e. The van der Waals surface area contributed by atoms with E-state index >= 15 is 0 Å². The summed E-state index contributed by atoms with van der Waals surface area (Å²) in [4.78, 5) is 4.68. The maximum atomic E-state index is 4.68. The number of hydrogen-bond donors (Lipinski definition) is 1. The van der Waals surface area contributed by atoms with Crippen LogP contribution in [0.4, 0.5) is 5.13 Å². The molecule has 0 atom stereocenters. The highest BCUT2D eigenvalue weighted by Crippen LogP contribution is 2.28. The van der Waals surface area contributed by atoms with Gasteiger partial charge in [-0.25, -0.2) is 4.98 Å². The highest BCUT2D eigenvalue weighted by atomic mass is 32.1. The average Bonchev–Trinajstić information content (AvgIpc) is 3.02. The van der Waals surface area contributed by atoms with Gasteiger partial charge in [0.05, 0.1) is 5.69 Å². The first-order chi connectivity index (χ1) is 8.81. The van der Waals surface area contributed by atoms with Crippen molar-refractivity contribution in [3.8, 4) is 11.3 Å². The van der Waals surface area contributed by atoms with Crippen molar-refractivity contribution in [3.63, 3.8) is 0 Å². The Kier molecular flexibility index (Phi) is 3.33. The molecule has 1 heterocycles. The van der Waals surface area contributed by atoms with Gasteiger partial charge in [0, 0.05) is 17.0 Å². The highest BCUT2D eigenvalue weighted by molar-refractivity contribution is 7.14. The SMILES string of the molecule is Cc1ccc(-c2csc(NC3CCCC3)n2)cc1. The van der Waals surface area contributed by atoms with Crippen molar-refractivity contribution in [3.05, 3.63) is 35.2 Å². The molecule has 1 fully saturated rings. The Morgan fingerprint density at radius 1 is 1.17 bits per heavy atom. The number of aromatic nitrogens is 1. The van der Waals surface area contributed by atoms with Crippen molar-refractivity contribution in [2.24, 2.45) is 0 Å². The number of benzene rings is 1. The number of nitrogens with one attached hydrogen (secondary N) is 1. The molecule has 1 aromatic heterocycles. The number of rotatable bonds is 3. The summed E-state index contributed by atoms with van der Waals surface area (Å²) in [6.07, 6.45) is 5.29. The molecule has 0 amide bonds. The van der Waals surface area contributed by atoms with Crippen molar-refractivity contribution in [1.29, 1.82) is 0 Å². The van der Waals surface area contributed by atoms with Gasteiger partial charge in [-0.2, -0.15) is 0 Å². The summed E-state index contributed by atoms with van der Waals surface area (Å²) in [6, 6.07) is 9.20. The van der Waals surface area contributed by atoms with Crippen LogP contribution in [-0.2, 0) is 0 Å². The Bertz CT molecular complexity index is 510. The van der Waals surface area contributed by atoms with Crippen LogP contribution in [-0.4, -0.2) is 11.0 Å². The predicted molar refractivity (Wildman–Crippen MR) is 78.2 cm³/mol. The molecule has 0 aliphatic heterocycles. The lowest BCUT2D eigenvalue weighted by molar-refractivity contribution is 0.754. The molecular weight excluding hydrogens is 240 g/mol. The summed E-state index contributed by atoms with van der Waals surface area (Å²) in [5, 5.41) is 6.76. The third-order valence-corrected chi connectivity index (χ3v) is 4.31. The first kappa shape index (κ1) is 11.7. The number of anilines is 1. The quantitative estimate of drug-likeness (QED) is 0.878. The lowest BCUT2D eigenvalue weighted by Crippen LogP contribution is -2.13. The van der Waals surface area contributed by atoms with Crippen molar-refractivity contribution in [1.82, 2.24) is 4.98 Å². The zero-order valence-corrected chi connectivity index (χ0v) is 11.5. The van der Waals surface area contributed by atoms with Gasteiger partial charge in [0.15, 0.2) is 5.13 Å². The monoisotopic (exact) mass is 258 g/mol. The minimum Gasteiger partial charge on any atom is -0.359 e. The lowest BCUT2D eigenvalue weighted by Gasteiger charge is -2.09. The molecule has 1 aromatic carbocycles. The van der Waals surface area contributed by atoms with Crippen LogP contribution in [0.3, 0.4) is 0 Å². The molecule has 3 rings (SSSR count). The molecule has 1 aliphatic rings. The van der Waals surface area contributed by atoms with Gasteiger partial charge in [-0.05, 0) is 19.8 Å². The van der Waals surface area contributed by atoms with E-state index in [4.69, 9.17) is 0 Å². The first-order valence-electron chi connectivity index (χ1n) is 6.60. The third kappa shape index (κ3) is 2.56. The van der Waals surface area contributed by atoms with Crippen molar-refractivity contribution in [2.45, 2.75) is 38.6 Å². The van der Waals surface area contributed by atoms with E-state index in [1.165, 1.54) is 36.8 Å². The van der Waals surface area contributed by atoms with Crippen LogP contribution in [0, 0.1) is 6.92 Å². The Labute approximate surface area is 112 Å². The second-order valence-electron chi connectivity index (χ2n) is 5.03. The Hall–Kier alpha value is -1.35. The van der Waals surface area contributed by atoms with E-state index in [1.54, 1.807) is 11.3 Å². The molecule has 1 aliphatic carbocycles. The number of aryl methyl sites for hydroxylation is 1. The van der Waals surface area contributed by atoms with E-state index in [1.807, 2.05) is 0 Å². The lowest BCUT2D eigenvalue weighted by atomic mass is 10.1. The van der Waals surface area contributed by atoms with Gasteiger partial charge in [-0.15, -0.1) is 11.3 Å². The van der Waals surface area contributed by atoms with Gasteiger partial charge in [0.25, 0.3) is 0 Å². The second-order valence-corrected chi connectivity index (χ2v) is 5.89. The molecule has 0 radical (unpaired) electrons. The second kappa shape index (κ2) is 5.11. The summed E-state index contributed by atoms with van der Waals surface area (Å²) in [7, 11) is 0. The fourth-order valence-corrected chi connectivity index (χ4v) is 3.24. The van der Waals surface area contributed by atoms with E-state index in [-0.39, 0.29) is 0 Å². The maximum Gasteiger partial charge on any atom is 0.183 e. The predicted octanol–water partition coefficient (Wildman–Crippen LogP) is 4.47. The van der Waals surface area contributed by atoms with Gasteiger partial charge in [-0.1, -0.05) is 42.7 Å².